The van der Waals surface area contributed by atoms with E-state index in [-0.39, 0.29) is 30.3 Å². The van der Waals surface area contributed by atoms with Crippen LogP contribution in [0.5, 0.6) is 0 Å². The maximum Gasteiger partial charge on any atom is 0.241 e. The molecule has 0 spiro atoms. The van der Waals surface area contributed by atoms with E-state index in [1.165, 1.54) is 0 Å². The number of rotatable bonds is 2. The SMILES string of the molecule is CC(N)C(C)C(=O)N1CCN(C)C(=O)C1. The molecule has 1 fully saturated rings. The minimum atomic E-state index is -0.221. The minimum Gasteiger partial charge on any atom is -0.342 e. The molecule has 0 aromatic rings. The number of nitrogens with zero attached hydrogens (tertiary/aromatic N) is 2. The van der Waals surface area contributed by atoms with Crippen LogP contribution >= 0.6 is 0 Å². The highest BCUT2D eigenvalue weighted by atomic mass is 16.2. The van der Waals surface area contributed by atoms with Crippen molar-refractivity contribution in [2.24, 2.45) is 11.7 Å². The maximum absolute atomic E-state index is 11.9. The van der Waals surface area contributed by atoms with Gasteiger partial charge in [0.2, 0.25) is 11.8 Å². The van der Waals surface area contributed by atoms with Gasteiger partial charge in [0.25, 0.3) is 0 Å². The number of amides is 2. The van der Waals surface area contributed by atoms with Crippen molar-refractivity contribution in [2.45, 2.75) is 19.9 Å². The molecule has 2 amide bonds. The molecule has 0 aromatic heterocycles. The smallest absolute Gasteiger partial charge is 0.241 e. The van der Waals surface area contributed by atoms with Crippen molar-refractivity contribution >= 4 is 11.8 Å². The Labute approximate surface area is 90.2 Å². The van der Waals surface area contributed by atoms with Crippen molar-refractivity contribution in [3.05, 3.63) is 0 Å². The molecule has 2 atom stereocenters. The van der Waals surface area contributed by atoms with Crippen LogP contribution in [0.25, 0.3) is 0 Å². The Morgan fingerprint density at radius 2 is 2.00 bits per heavy atom. The fourth-order valence-electron chi connectivity index (χ4n) is 1.46. The summed E-state index contributed by atoms with van der Waals surface area (Å²) in [5.74, 6) is -0.251. The molecule has 0 radical (unpaired) electrons. The molecule has 1 rings (SSSR count). The van der Waals surface area contributed by atoms with Crippen LogP contribution in [0, 0.1) is 5.92 Å². The molecule has 5 nitrogen and oxygen atoms in total. The molecule has 86 valence electrons. The monoisotopic (exact) mass is 213 g/mol. The third-order valence-corrected chi connectivity index (χ3v) is 2.95. The van der Waals surface area contributed by atoms with Gasteiger partial charge in [0.15, 0.2) is 0 Å². The lowest BCUT2D eigenvalue weighted by Crippen LogP contribution is -2.53. The third kappa shape index (κ3) is 2.68. The second-order valence-corrected chi connectivity index (χ2v) is 4.22. The van der Waals surface area contributed by atoms with Gasteiger partial charge in [0.05, 0.1) is 12.5 Å². The van der Waals surface area contributed by atoms with Gasteiger partial charge in [-0.15, -0.1) is 0 Å². The first-order valence-corrected chi connectivity index (χ1v) is 5.21. The number of piperazine rings is 1. The fraction of sp³-hybridized carbons (Fsp3) is 0.800. The van der Waals surface area contributed by atoms with Gasteiger partial charge in [0.1, 0.15) is 0 Å². The van der Waals surface area contributed by atoms with Crippen LogP contribution < -0.4 is 5.73 Å². The summed E-state index contributed by atoms with van der Waals surface area (Å²) in [5.41, 5.74) is 5.66. The van der Waals surface area contributed by atoms with Crippen LogP contribution in [-0.4, -0.2) is 54.3 Å². The Kier molecular flexibility index (Phi) is 3.68. The van der Waals surface area contributed by atoms with E-state index >= 15 is 0 Å². The third-order valence-electron chi connectivity index (χ3n) is 2.95. The van der Waals surface area contributed by atoms with Crippen molar-refractivity contribution in [1.29, 1.82) is 0 Å². The van der Waals surface area contributed by atoms with Crippen LogP contribution in [0.1, 0.15) is 13.8 Å². The Morgan fingerprint density at radius 1 is 1.40 bits per heavy atom. The number of carbonyl (C=O) groups is 2. The molecule has 1 aliphatic heterocycles. The Hall–Kier alpha value is -1.10. The molecule has 1 heterocycles. The van der Waals surface area contributed by atoms with E-state index in [4.69, 9.17) is 5.73 Å². The second-order valence-electron chi connectivity index (χ2n) is 4.22. The topological polar surface area (TPSA) is 66.6 Å². The highest BCUT2D eigenvalue weighted by molar-refractivity contribution is 5.87. The second kappa shape index (κ2) is 4.61. The molecule has 0 bridgehead atoms. The number of hydrogen-bond acceptors (Lipinski definition) is 3. The van der Waals surface area contributed by atoms with Crippen molar-refractivity contribution in [1.82, 2.24) is 9.80 Å². The summed E-state index contributed by atoms with van der Waals surface area (Å²) in [6.45, 7) is 5.01. The summed E-state index contributed by atoms with van der Waals surface area (Å²) in [6.07, 6.45) is 0. The van der Waals surface area contributed by atoms with Crippen molar-refractivity contribution in [3.63, 3.8) is 0 Å². The Morgan fingerprint density at radius 3 is 2.47 bits per heavy atom. The zero-order valence-electron chi connectivity index (χ0n) is 9.56. The number of likely N-dealkylation sites (N-methyl/N-ethyl adjacent to an activating group) is 1. The quantitative estimate of drug-likeness (QED) is 0.657. The summed E-state index contributed by atoms with van der Waals surface area (Å²) >= 11 is 0. The lowest BCUT2D eigenvalue weighted by Gasteiger charge is -2.34. The van der Waals surface area contributed by atoms with Crippen LogP contribution in [0.3, 0.4) is 0 Å². The number of hydrogen-bond donors (Lipinski definition) is 1. The minimum absolute atomic E-state index is 0.00789. The molecule has 1 saturated heterocycles. The van der Waals surface area contributed by atoms with Gasteiger partial charge in [-0.3, -0.25) is 9.59 Å². The normalized spacial score (nSPS) is 21.5. The van der Waals surface area contributed by atoms with E-state index in [0.29, 0.717) is 13.1 Å². The van der Waals surface area contributed by atoms with E-state index in [1.807, 2.05) is 0 Å². The number of carbonyl (C=O) groups excluding carboxylic acids is 2. The average Bonchev–Trinajstić information content (AvgIpc) is 2.19. The van der Waals surface area contributed by atoms with E-state index in [1.54, 1.807) is 30.7 Å². The van der Waals surface area contributed by atoms with Gasteiger partial charge in [-0.25, -0.2) is 0 Å². The van der Waals surface area contributed by atoms with Gasteiger partial charge in [-0.2, -0.15) is 0 Å². The zero-order valence-corrected chi connectivity index (χ0v) is 9.56. The van der Waals surface area contributed by atoms with E-state index < -0.39 is 0 Å². The van der Waals surface area contributed by atoms with E-state index in [9.17, 15) is 9.59 Å². The van der Waals surface area contributed by atoms with Gasteiger partial charge >= 0.3 is 0 Å². The standard InChI is InChI=1S/C10H19N3O2/c1-7(8(2)11)10(15)13-5-4-12(3)9(14)6-13/h7-8H,4-6,11H2,1-3H3. The molecule has 0 saturated carbocycles. The molecule has 0 aliphatic carbocycles. The van der Waals surface area contributed by atoms with E-state index in [0.717, 1.165) is 0 Å². The van der Waals surface area contributed by atoms with Crippen LogP contribution in [0.15, 0.2) is 0 Å². The zero-order chi connectivity index (χ0) is 11.6. The molecular weight excluding hydrogens is 194 g/mol. The molecule has 5 heteroatoms. The van der Waals surface area contributed by atoms with Crippen LogP contribution in [0.4, 0.5) is 0 Å². The fourth-order valence-corrected chi connectivity index (χ4v) is 1.46. The first-order valence-electron chi connectivity index (χ1n) is 5.21. The van der Waals surface area contributed by atoms with Gasteiger partial charge < -0.3 is 15.5 Å². The maximum atomic E-state index is 11.9. The molecular formula is C10H19N3O2. The van der Waals surface area contributed by atoms with Gasteiger partial charge in [-0.05, 0) is 6.92 Å². The lowest BCUT2D eigenvalue weighted by atomic mass is 10.0. The first kappa shape index (κ1) is 12.0. The highest BCUT2D eigenvalue weighted by Crippen LogP contribution is 2.09. The summed E-state index contributed by atoms with van der Waals surface area (Å²) in [7, 11) is 1.75. The molecule has 1 aliphatic rings. The van der Waals surface area contributed by atoms with Crippen molar-refractivity contribution < 1.29 is 9.59 Å². The predicted molar refractivity (Wildman–Crippen MR) is 57.0 cm³/mol. The molecule has 15 heavy (non-hydrogen) atoms. The summed E-state index contributed by atoms with van der Waals surface area (Å²) in [4.78, 5) is 26.5. The Balaban J connectivity index is 2.58. The predicted octanol–water partition coefficient (Wildman–Crippen LogP) is -0.730. The van der Waals surface area contributed by atoms with E-state index in [2.05, 4.69) is 0 Å². The summed E-state index contributed by atoms with van der Waals surface area (Å²) in [5, 5.41) is 0. The average molecular weight is 213 g/mol. The lowest BCUT2D eigenvalue weighted by molar-refractivity contribution is -0.146. The van der Waals surface area contributed by atoms with Crippen molar-refractivity contribution in [2.75, 3.05) is 26.7 Å². The van der Waals surface area contributed by atoms with Crippen molar-refractivity contribution in [3.8, 4) is 0 Å². The Bertz CT molecular complexity index is 265. The van der Waals surface area contributed by atoms with Crippen LogP contribution in [-0.2, 0) is 9.59 Å². The van der Waals surface area contributed by atoms with Gasteiger partial charge in [-0.1, -0.05) is 6.92 Å². The first-order chi connectivity index (χ1) is 6.93. The van der Waals surface area contributed by atoms with Crippen LogP contribution in [0.2, 0.25) is 0 Å². The summed E-state index contributed by atoms with van der Waals surface area (Å²) in [6, 6.07) is -0.174. The number of nitrogens with two attached hydrogens (primary N) is 1. The molecule has 0 aromatic carbocycles. The van der Waals surface area contributed by atoms with Gasteiger partial charge in [0, 0.05) is 26.2 Å². The highest BCUT2D eigenvalue weighted by Gasteiger charge is 2.28. The molecule has 2 unspecified atom stereocenters. The molecule has 2 N–H and O–H groups in total. The largest absolute Gasteiger partial charge is 0.342 e. The summed E-state index contributed by atoms with van der Waals surface area (Å²) < 4.78 is 0.